The van der Waals surface area contributed by atoms with Crippen LogP contribution in [0.4, 0.5) is 0 Å². The SMILES string of the molecule is COCCCC(N)C(=O)N(CCC#N)Cc1ccco1. The summed E-state index contributed by atoms with van der Waals surface area (Å²) in [5, 5.41) is 8.68. The smallest absolute Gasteiger partial charge is 0.239 e. The van der Waals surface area contributed by atoms with Crippen LogP contribution in [0.5, 0.6) is 0 Å². The van der Waals surface area contributed by atoms with Crippen molar-refractivity contribution in [1.29, 1.82) is 5.26 Å². The lowest BCUT2D eigenvalue weighted by atomic mass is 10.1. The minimum atomic E-state index is -0.571. The predicted molar refractivity (Wildman–Crippen MR) is 73.4 cm³/mol. The Kier molecular flexibility index (Phi) is 7.40. The molecule has 1 amide bonds. The molecule has 0 aliphatic carbocycles. The van der Waals surface area contributed by atoms with E-state index < -0.39 is 6.04 Å². The minimum Gasteiger partial charge on any atom is -0.467 e. The van der Waals surface area contributed by atoms with Crippen LogP contribution in [0.1, 0.15) is 25.0 Å². The van der Waals surface area contributed by atoms with E-state index in [1.807, 2.05) is 6.07 Å². The predicted octanol–water partition coefficient (Wildman–Crippen LogP) is 1.28. The first-order chi connectivity index (χ1) is 9.69. The van der Waals surface area contributed by atoms with Crippen molar-refractivity contribution in [2.24, 2.45) is 5.73 Å². The van der Waals surface area contributed by atoms with Gasteiger partial charge in [0.05, 0.1) is 31.3 Å². The largest absolute Gasteiger partial charge is 0.467 e. The van der Waals surface area contributed by atoms with E-state index >= 15 is 0 Å². The van der Waals surface area contributed by atoms with Gasteiger partial charge in [-0.05, 0) is 25.0 Å². The maximum Gasteiger partial charge on any atom is 0.239 e. The molecule has 1 heterocycles. The van der Waals surface area contributed by atoms with Gasteiger partial charge in [-0.2, -0.15) is 5.26 Å². The lowest BCUT2D eigenvalue weighted by Crippen LogP contribution is -2.43. The molecule has 0 aliphatic rings. The van der Waals surface area contributed by atoms with E-state index in [0.29, 0.717) is 31.9 Å². The van der Waals surface area contributed by atoms with Crippen LogP contribution in [0.2, 0.25) is 0 Å². The number of furan rings is 1. The van der Waals surface area contributed by atoms with Gasteiger partial charge in [0, 0.05) is 20.3 Å². The minimum absolute atomic E-state index is 0.159. The average molecular weight is 279 g/mol. The summed E-state index contributed by atoms with van der Waals surface area (Å²) in [4.78, 5) is 13.8. The highest BCUT2D eigenvalue weighted by Crippen LogP contribution is 2.09. The van der Waals surface area contributed by atoms with Gasteiger partial charge in [-0.25, -0.2) is 0 Å². The summed E-state index contributed by atoms with van der Waals surface area (Å²) in [5.41, 5.74) is 5.90. The molecule has 6 heteroatoms. The highest BCUT2D eigenvalue weighted by Gasteiger charge is 2.21. The van der Waals surface area contributed by atoms with Gasteiger partial charge < -0.3 is 19.8 Å². The Bertz CT molecular complexity index is 425. The standard InChI is InChI=1S/C14H21N3O3/c1-19-9-3-6-13(16)14(18)17(8-4-7-15)11-12-5-2-10-20-12/h2,5,10,13H,3-4,6,8-9,11,16H2,1H3. The Labute approximate surface area is 119 Å². The molecule has 0 bridgehead atoms. The Morgan fingerprint density at radius 3 is 3.05 bits per heavy atom. The fraction of sp³-hybridized carbons (Fsp3) is 0.571. The number of nitrogens with two attached hydrogens (primary N) is 1. The number of amides is 1. The van der Waals surface area contributed by atoms with Crippen LogP contribution in [0, 0.1) is 11.3 Å². The molecule has 0 fully saturated rings. The van der Waals surface area contributed by atoms with Crippen molar-refractivity contribution in [1.82, 2.24) is 4.90 Å². The van der Waals surface area contributed by atoms with Crippen LogP contribution in [0.15, 0.2) is 22.8 Å². The molecule has 1 aromatic rings. The number of carbonyl (C=O) groups is 1. The van der Waals surface area contributed by atoms with Gasteiger partial charge >= 0.3 is 0 Å². The number of rotatable bonds is 9. The van der Waals surface area contributed by atoms with E-state index in [9.17, 15) is 4.79 Å². The van der Waals surface area contributed by atoms with Crippen LogP contribution in [0.3, 0.4) is 0 Å². The van der Waals surface area contributed by atoms with Crippen LogP contribution in [-0.2, 0) is 16.1 Å². The first-order valence-electron chi connectivity index (χ1n) is 6.61. The second-order valence-electron chi connectivity index (χ2n) is 4.49. The van der Waals surface area contributed by atoms with Crippen LogP contribution in [-0.4, -0.2) is 37.1 Å². The molecule has 1 atom stereocenters. The second-order valence-corrected chi connectivity index (χ2v) is 4.49. The van der Waals surface area contributed by atoms with Gasteiger partial charge in [0.15, 0.2) is 0 Å². The Hall–Kier alpha value is -1.84. The van der Waals surface area contributed by atoms with Crippen molar-refractivity contribution in [3.05, 3.63) is 24.2 Å². The first kappa shape index (κ1) is 16.2. The van der Waals surface area contributed by atoms with Crippen molar-refractivity contribution >= 4 is 5.91 Å². The molecular formula is C14H21N3O3. The Morgan fingerprint density at radius 1 is 1.65 bits per heavy atom. The normalized spacial score (nSPS) is 11.8. The number of ether oxygens (including phenoxy) is 1. The van der Waals surface area contributed by atoms with Gasteiger partial charge in [0.1, 0.15) is 5.76 Å². The van der Waals surface area contributed by atoms with Crippen LogP contribution < -0.4 is 5.73 Å². The molecule has 1 aromatic heterocycles. The highest BCUT2D eigenvalue weighted by atomic mass is 16.5. The molecule has 0 aliphatic heterocycles. The first-order valence-corrected chi connectivity index (χ1v) is 6.61. The molecule has 0 saturated carbocycles. The summed E-state index contributed by atoms with van der Waals surface area (Å²) in [6.45, 7) is 1.27. The summed E-state index contributed by atoms with van der Waals surface area (Å²) in [7, 11) is 1.61. The van der Waals surface area contributed by atoms with Crippen molar-refractivity contribution in [3.63, 3.8) is 0 Å². The highest BCUT2D eigenvalue weighted by molar-refractivity contribution is 5.81. The number of nitrogens with zero attached hydrogens (tertiary/aromatic N) is 2. The molecule has 2 N–H and O–H groups in total. The third-order valence-electron chi connectivity index (χ3n) is 2.91. The molecular weight excluding hydrogens is 258 g/mol. The third kappa shape index (κ3) is 5.43. The van der Waals surface area contributed by atoms with Crippen molar-refractivity contribution in [3.8, 4) is 6.07 Å². The van der Waals surface area contributed by atoms with E-state index in [-0.39, 0.29) is 12.3 Å². The second kappa shape index (κ2) is 9.13. The summed E-state index contributed by atoms with van der Waals surface area (Å²) in [6, 6.07) is 5.03. The average Bonchev–Trinajstić information content (AvgIpc) is 2.95. The third-order valence-corrected chi connectivity index (χ3v) is 2.91. The molecule has 110 valence electrons. The van der Waals surface area contributed by atoms with E-state index in [1.165, 1.54) is 0 Å². The zero-order valence-corrected chi connectivity index (χ0v) is 11.7. The van der Waals surface area contributed by atoms with E-state index in [4.69, 9.17) is 20.1 Å². The van der Waals surface area contributed by atoms with Crippen LogP contribution in [0.25, 0.3) is 0 Å². The van der Waals surface area contributed by atoms with E-state index in [2.05, 4.69) is 0 Å². The molecule has 0 saturated heterocycles. The van der Waals surface area contributed by atoms with E-state index in [0.717, 1.165) is 6.42 Å². The zero-order chi connectivity index (χ0) is 14.8. The summed E-state index contributed by atoms with van der Waals surface area (Å²) in [6.07, 6.45) is 3.13. The quantitative estimate of drug-likeness (QED) is 0.687. The molecule has 0 radical (unpaired) electrons. The molecule has 0 aromatic carbocycles. The summed E-state index contributed by atoms with van der Waals surface area (Å²) < 4.78 is 10.2. The number of hydrogen-bond donors (Lipinski definition) is 1. The number of hydrogen-bond acceptors (Lipinski definition) is 5. The Morgan fingerprint density at radius 2 is 2.45 bits per heavy atom. The van der Waals surface area contributed by atoms with Crippen molar-refractivity contribution in [2.45, 2.75) is 31.8 Å². The monoisotopic (exact) mass is 279 g/mol. The van der Waals surface area contributed by atoms with Gasteiger partial charge in [-0.15, -0.1) is 0 Å². The van der Waals surface area contributed by atoms with Gasteiger partial charge in [0.2, 0.25) is 5.91 Å². The van der Waals surface area contributed by atoms with Gasteiger partial charge in [0.25, 0.3) is 0 Å². The summed E-state index contributed by atoms with van der Waals surface area (Å²) in [5.74, 6) is 0.521. The molecule has 1 rings (SSSR count). The maximum atomic E-state index is 12.3. The fourth-order valence-electron chi connectivity index (χ4n) is 1.85. The lowest BCUT2D eigenvalue weighted by Gasteiger charge is -2.24. The lowest BCUT2D eigenvalue weighted by molar-refractivity contribution is -0.133. The maximum absolute atomic E-state index is 12.3. The van der Waals surface area contributed by atoms with E-state index in [1.54, 1.807) is 30.4 Å². The van der Waals surface area contributed by atoms with Crippen molar-refractivity contribution < 1.29 is 13.9 Å². The van der Waals surface area contributed by atoms with Gasteiger partial charge in [-0.1, -0.05) is 0 Å². The molecule has 1 unspecified atom stereocenters. The molecule has 20 heavy (non-hydrogen) atoms. The Balaban J connectivity index is 2.56. The van der Waals surface area contributed by atoms with Crippen LogP contribution >= 0.6 is 0 Å². The van der Waals surface area contributed by atoms with Crippen molar-refractivity contribution in [2.75, 3.05) is 20.3 Å². The fourth-order valence-corrected chi connectivity index (χ4v) is 1.85. The summed E-state index contributed by atoms with van der Waals surface area (Å²) >= 11 is 0. The zero-order valence-electron chi connectivity index (χ0n) is 11.7. The number of nitriles is 1. The van der Waals surface area contributed by atoms with Gasteiger partial charge in [-0.3, -0.25) is 4.79 Å². The number of carbonyl (C=O) groups excluding carboxylic acids is 1. The molecule has 6 nitrogen and oxygen atoms in total. The number of methoxy groups -OCH3 is 1. The molecule has 0 spiro atoms. The topological polar surface area (TPSA) is 92.5 Å².